The molecular weight excluding hydrogens is 266 g/mol. The summed E-state index contributed by atoms with van der Waals surface area (Å²) in [5.41, 5.74) is 0.741. The lowest BCUT2D eigenvalue weighted by atomic mass is 9.67. The maximum atomic E-state index is 12.1. The van der Waals surface area contributed by atoms with Gasteiger partial charge in [-0.1, -0.05) is 25.2 Å². The average molecular weight is 289 g/mol. The van der Waals surface area contributed by atoms with Gasteiger partial charge in [0, 0.05) is 5.54 Å². The van der Waals surface area contributed by atoms with E-state index in [4.69, 9.17) is 0 Å². The highest BCUT2D eigenvalue weighted by Crippen LogP contribution is 2.42. The van der Waals surface area contributed by atoms with E-state index in [9.17, 15) is 9.59 Å². The first-order valence-electron chi connectivity index (χ1n) is 7.85. The van der Waals surface area contributed by atoms with E-state index in [0.29, 0.717) is 12.8 Å². The molecule has 114 valence electrons. The quantitative estimate of drug-likeness (QED) is 0.693. The standard InChI is InChI=1S/C16H23N3O2/c1-2-17-15(12-6-4-3-5-7-12)8-10-16(11-9-15)13(20)18-14(21)19-16/h3-4,6,17H,2,5,7-11H2,1H3,(H2,18,19,20,21). The van der Waals surface area contributed by atoms with Gasteiger partial charge in [0.1, 0.15) is 5.54 Å². The van der Waals surface area contributed by atoms with Crippen molar-refractivity contribution >= 4 is 11.9 Å². The molecule has 2 fully saturated rings. The Hall–Kier alpha value is -1.62. The van der Waals surface area contributed by atoms with E-state index in [-0.39, 0.29) is 17.5 Å². The molecule has 0 atom stereocenters. The van der Waals surface area contributed by atoms with Gasteiger partial charge in [-0.2, -0.15) is 0 Å². The van der Waals surface area contributed by atoms with Crippen molar-refractivity contribution in [1.29, 1.82) is 0 Å². The second kappa shape index (κ2) is 5.30. The fourth-order valence-corrected chi connectivity index (χ4v) is 3.93. The van der Waals surface area contributed by atoms with Crippen LogP contribution in [0.25, 0.3) is 0 Å². The van der Waals surface area contributed by atoms with E-state index in [1.54, 1.807) is 0 Å². The minimum absolute atomic E-state index is 0.0155. The Morgan fingerprint density at radius 1 is 1.24 bits per heavy atom. The molecule has 0 aromatic rings. The Balaban J connectivity index is 1.80. The first-order valence-corrected chi connectivity index (χ1v) is 7.85. The van der Waals surface area contributed by atoms with Crippen molar-refractivity contribution in [3.05, 3.63) is 23.8 Å². The highest BCUT2D eigenvalue weighted by molar-refractivity contribution is 6.07. The third-order valence-electron chi connectivity index (χ3n) is 5.12. The van der Waals surface area contributed by atoms with Crippen molar-refractivity contribution in [3.8, 4) is 0 Å². The molecule has 0 aromatic heterocycles. The van der Waals surface area contributed by atoms with Crippen LogP contribution in [0.1, 0.15) is 45.4 Å². The molecular formula is C16H23N3O2. The van der Waals surface area contributed by atoms with Gasteiger partial charge in [0.2, 0.25) is 0 Å². The largest absolute Gasteiger partial charge is 0.323 e. The molecule has 3 amide bonds. The van der Waals surface area contributed by atoms with Gasteiger partial charge in [-0.3, -0.25) is 10.1 Å². The number of likely N-dealkylation sites (N-methyl/N-ethyl adjacent to an activating group) is 1. The predicted octanol–water partition coefficient (Wildman–Crippen LogP) is 1.76. The lowest BCUT2D eigenvalue weighted by Crippen LogP contribution is -2.58. The third kappa shape index (κ3) is 2.39. The van der Waals surface area contributed by atoms with Crippen LogP contribution in [0.15, 0.2) is 23.8 Å². The average Bonchev–Trinajstić information content (AvgIpc) is 2.77. The summed E-state index contributed by atoms with van der Waals surface area (Å²) in [6.45, 7) is 3.03. The Labute approximate surface area is 125 Å². The summed E-state index contributed by atoms with van der Waals surface area (Å²) in [5.74, 6) is -0.157. The molecule has 1 heterocycles. The maximum Gasteiger partial charge on any atom is 0.322 e. The Kier molecular flexibility index (Phi) is 3.61. The van der Waals surface area contributed by atoms with Crippen molar-refractivity contribution in [3.63, 3.8) is 0 Å². The molecule has 3 N–H and O–H groups in total. The van der Waals surface area contributed by atoms with E-state index in [0.717, 1.165) is 32.2 Å². The summed E-state index contributed by atoms with van der Waals surface area (Å²) in [5, 5.41) is 8.88. The van der Waals surface area contributed by atoms with Crippen LogP contribution >= 0.6 is 0 Å². The monoisotopic (exact) mass is 289 g/mol. The summed E-state index contributed by atoms with van der Waals surface area (Å²) in [4.78, 5) is 23.5. The zero-order valence-electron chi connectivity index (χ0n) is 12.5. The number of urea groups is 1. The summed E-state index contributed by atoms with van der Waals surface area (Å²) in [6.07, 6.45) is 11.9. The van der Waals surface area contributed by atoms with E-state index < -0.39 is 5.54 Å². The number of allylic oxidation sites excluding steroid dienone is 3. The lowest BCUT2D eigenvalue weighted by Gasteiger charge is -2.46. The van der Waals surface area contributed by atoms with Gasteiger partial charge < -0.3 is 10.6 Å². The second-order valence-corrected chi connectivity index (χ2v) is 6.26. The maximum absolute atomic E-state index is 12.1. The minimum Gasteiger partial charge on any atom is -0.323 e. The fourth-order valence-electron chi connectivity index (χ4n) is 3.93. The molecule has 0 radical (unpaired) electrons. The summed E-state index contributed by atoms with van der Waals surface area (Å²) >= 11 is 0. The van der Waals surface area contributed by atoms with Crippen LogP contribution in [0.5, 0.6) is 0 Å². The van der Waals surface area contributed by atoms with Crippen LogP contribution in [0, 0.1) is 0 Å². The van der Waals surface area contributed by atoms with Gasteiger partial charge in [-0.25, -0.2) is 4.79 Å². The van der Waals surface area contributed by atoms with Gasteiger partial charge in [0.25, 0.3) is 5.91 Å². The van der Waals surface area contributed by atoms with Crippen LogP contribution in [-0.2, 0) is 4.79 Å². The minimum atomic E-state index is -0.679. The number of carbonyl (C=O) groups excluding carboxylic acids is 2. The van der Waals surface area contributed by atoms with Gasteiger partial charge >= 0.3 is 6.03 Å². The van der Waals surface area contributed by atoms with Gasteiger partial charge in [-0.05, 0) is 50.6 Å². The highest BCUT2D eigenvalue weighted by atomic mass is 16.2. The summed E-state index contributed by atoms with van der Waals surface area (Å²) in [7, 11) is 0. The van der Waals surface area contributed by atoms with Crippen molar-refractivity contribution in [2.75, 3.05) is 6.54 Å². The number of nitrogens with one attached hydrogen (secondary N) is 3. The molecule has 0 aromatic carbocycles. The van der Waals surface area contributed by atoms with Crippen LogP contribution in [0.2, 0.25) is 0 Å². The number of carbonyl (C=O) groups is 2. The first kappa shape index (κ1) is 14.3. The van der Waals surface area contributed by atoms with Crippen molar-refractivity contribution < 1.29 is 9.59 Å². The smallest absolute Gasteiger partial charge is 0.322 e. The van der Waals surface area contributed by atoms with E-state index >= 15 is 0 Å². The van der Waals surface area contributed by atoms with Crippen LogP contribution in [0.4, 0.5) is 4.79 Å². The molecule has 1 spiro atoms. The molecule has 2 aliphatic carbocycles. The summed E-state index contributed by atoms with van der Waals surface area (Å²) in [6, 6.07) is -0.351. The second-order valence-electron chi connectivity index (χ2n) is 6.26. The van der Waals surface area contributed by atoms with E-state index in [1.165, 1.54) is 5.57 Å². The Bertz CT molecular complexity index is 514. The number of hydrogen-bond donors (Lipinski definition) is 3. The van der Waals surface area contributed by atoms with Gasteiger partial charge in [0.05, 0.1) is 0 Å². The molecule has 1 saturated heterocycles. The first-order chi connectivity index (χ1) is 10.1. The fraction of sp³-hybridized carbons (Fsp3) is 0.625. The molecule has 3 rings (SSSR count). The van der Waals surface area contributed by atoms with Crippen LogP contribution in [0.3, 0.4) is 0 Å². The van der Waals surface area contributed by atoms with Crippen LogP contribution < -0.4 is 16.0 Å². The molecule has 3 aliphatic rings. The molecule has 1 aliphatic heterocycles. The molecule has 0 unspecified atom stereocenters. The van der Waals surface area contributed by atoms with E-state index in [1.807, 2.05) is 0 Å². The molecule has 5 heteroatoms. The zero-order valence-corrected chi connectivity index (χ0v) is 12.5. The molecule has 21 heavy (non-hydrogen) atoms. The normalized spacial score (nSPS) is 35.6. The topological polar surface area (TPSA) is 70.2 Å². The third-order valence-corrected chi connectivity index (χ3v) is 5.12. The van der Waals surface area contributed by atoms with Crippen molar-refractivity contribution in [1.82, 2.24) is 16.0 Å². The predicted molar refractivity (Wildman–Crippen MR) is 80.7 cm³/mol. The number of amides is 3. The van der Waals surface area contributed by atoms with Crippen molar-refractivity contribution in [2.24, 2.45) is 0 Å². The van der Waals surface area contributed by atoms with Crippen molar-refractivity contribution in [2.45, 2.75) is 56.5 Å². The van der Waals surface area contributed by atoms with Gasteiger partial charge in [0.15, 0.2) is 0 Å². The number of rotatable bonds is 3. The zero-order chi connectivity index (χ0) is 14.9. The van der Waals surface area contributed by atoms with Crippen LogP contribution in [-0.4, -0.2) is 29.6 Å². The Morgan fingerprint density at radius 3 is 2.52 bits per heavy atom. The van der Waals surface area contributed by atoms with Gasteiger partial charge in [-0.15, -0.1) is 0 Å². The number of hydrogen-bond acceptors (Lipinski definition) is 3. The Morgan fingerprint density at radius 2 is 2.00 bits per heavy atom. The number of imide groups is 1. The highest BCUT2D eigenvalue weighted by Gasteiger charge is 2.52. The molecule has 1 saturated carbocycles. The molecule has 5 nitrogen and oxygen atoms in total. The lowest BCUT2D eigenvalue weighted by molar-refractivity contribution is -0.125. The molecule has 0 bridgehead atoms. The SMILES string of the molecule is CCNC1(C2=CC=CCC2)CCC2(CC1)NC(=O)NC2=O. The van der Waals surface area contributed by atoms with E-state index in [2.05, 4.69) is 41.1 Å². The summed E-state index contributed by atoms with van der Waals surface area (Å²) < 4.78 is 0.